The minimum absolute atomic E-state index is 0. The van der Waals surface area contributed by atoms with Gasteiger partial charge in [-0.25, -0.2) is 0 Å². The Hall–Kier alpha value is -0.0300. The third-order valence-corrected chi connectivity index (χ3v) is 5.29. The number of rotatable bonds is 6. The number of nitrogens with zero attached hydrogens (tertiary/aromatic N) is 1. The van der Waals surface area contributed by atoms with Crippen molar-refractivity contribution in [1.82, 2.24) is 15.5 Å². The summed E-state index contributed by atoms with van der Waals surface area (Å²) in [5.41, 5.74) is 0.110. The fraction of sp³-hybridized carbons (Fsp3) is 0.944. The molecule has 0 spiro atoms. The van der Waals surface area contributed by atoms with Crippen LogP contribution in [0.1, 0.15) is 59.3 Å². The van der Waals surface area contributed by atoms with E-state index in [9.17, 15) is 4.79 Å². The van der Waals surface area contributed by atoms with E-state index in [4.69, 9.17) is 0 Å². The van der Waals surface area contributed by atoms with Gasteiger partial charge in [0.05, 0.1) is 0 Å². The third-order valence-electron chi connectivity index (χ3n) is 5.29. The second-order valence-electron chi connectivity index (χ2n) is 8.76. The number of hydrogen-bond acceptors (Lipinski definition) is 3. The topological polar surface area (TPSA) is 44.4 Å². The molecule has 24 heavy (non-hydrogen) atoms. The van der Waals surface area contributed by atoms with Crippen molar-refractivity contribution in [3.05, 3.63) is 0 Å². The van der Waals surface area contributed by atoms with Crippen molar-refractivity contribution < 1.29 is 4.79 Å². The minimum Gasteiger partial charge on any atom is -0.353 e. The zero-order chi connectivity index (χ0) is 16.3. The summed E-state index contributed by atoms with van der Waals surface area (Å²) in [6, 6.07) is 1.59. The first-order valence-corrected chi connectivity index (χ1v) is 8.94. The second-order valence-corrected chi connectivity index (χ2v) is 8.76. The van der Waals surface area contributed by atoms with Crippen LogP contribution in [0.5, 0.6) is 0 Å². The molecular weight excluding hydrogens is 345 g/mol. The zero-order valence-corrected chi connectivity index (χ0v) is 17.6. The van der Waals surface area contributed by atoms with E-state index in [1.165, 1.54) is 25.7 Å². The van der Waals surface area contributed by atoms with Gasteiger partial charge in [-0.3, -0.25) is 4.79 Å². The van der Waals surface area contributed by atoms with Crippen LogP contribution in [0, 0.1) is 11.3 Å². The Balaban J connectivity index is 0.00000264. The molecule has 2 N–H and O–H groups in total. The van der Waals surface area contributed by atoms with Gasteiger partial charge >= 0.3 is 0 Å². The quantitative estimate of drug-likeness (QED) is 0.741. The molecule has 2 heterocycles. The molecule has 2 aliphatic rings. The van der Waals surface area contributed by atoms with Crippen molar-refractivity contribution in [3.8, 4) is 0 Å². The fourth-order valence-electron chi connectivity index (χ4n) is 3.97. The second kappa shape index (κ2) is 10.2. The van der Waals surface area contributed by atoms with Crippen molar-refractivity contribution in [2.45, 2.75) is 77.4 Å². The molecule has 3 unspecified atom stereocenters. The van der Waals surface area contributed by atoms with E-state index in [1.54, 1.807) is 0 Å². The lowest BCUT2D eigenvalue weighted by molar-refractivity contribution is -0.123. The largest absolute Gasteiger partial charge is 0.353 e. The van der Waals surface area contributed by atoms with Crippen LogP contribution in [0.2, 0.25) is 0 Å². The highest BCUT2D eigenvalue weighted by Crippen LogP contribution is 2.32. The number of carbonyl (C=O) groups is 1. The molecule has 0 saturated carbocycles. The van der Waals surface area contributed by atoms with E-state index in [0.717, 1.165) is 13.0 Å². The molecule has 3 atom stereocenters. The first kappa shape index (κ1) is 24.0. The number of piperidine rings is 1. The number of amides is 1. The molecule has 2 saturated heterocycles. The lowest BCUT2D eigenvalue weighted by Gasteiger charge is -2.34. The van der Waals surface area contributed by atoms with Gasteiger partial charge in [-0.1, -0.05) is 20.8 Å². The number of nitrogens with one attached hydrogen (secondary N) is 2. The van der Waals surface area contributed by atoms with Crippen LogP contribution < -0.4 is 10.6 Å². The molecular formula is C18H37Cl2N3O. The fourth-order valence-corrected chi connectivity index (χ4v) is 3.97. The number of fused-ring (bicyclic) bond motifs is 2. The van der Waals surface area contributed by atoms with Crippen molar-refractivity contribution in [2.24, 2.45) is 11.3 Å². The maximum atomic E-state index is 12.5. The first-order valence-electron chi connectivity index (χ1n) is 8.94. The maximum absolute atomic E-state index is 12.5. The summed E-state index contributed by atoms with van der Waals surface area (Å²) in [7, 11) is 4.18. The zero-order valence-electron chi connectivity index (χ0n) is 15.9. The number of hydrogen-bond donors (Lipinski definition) is 2. The highest BCUT2D eigenvalue weighted by Gasteiger charge is 2.35. The van der Waals surface area contributed by atoms with E-state index in [1.807, 2.05) is 0 Å². The van der Waals surface area contributed by atoms with Gasteiger partial charge in [0.25, 0.3) is 0 Å². The first-order chi connectivity index (χ1) is 10.2. The van der Waals surface area contributed by atoms with Gasteiger partial charge in [-0.2, -0.15) is 0 Å². The Bertz CT molecular complexity index is 373. The van der Waals surface area contributed by atoms with Gasteiger partial charge < -0.3 is 15.5 Å². The van der Waals surface area contributed by atoms with Crippen LogP contribution in [-0.4, -0.2) is 49.6 Å². The molecule has 0 aromatic carbocycles. The standard InChI is InChI=1S/C18H35N3O.2ClH/c1-18(2,3)16(8-9-21(4)5)20-17(22)12-13-10-14-6-7-15(11-13)19-14;;/h13-16,19H,6-12H2,1-5H3,(H,20,22);2*1H. The Morgan fingerprint density at radius 3 is 2.17 bits per heavy atom. The molecule has 6 heteroatoms. The predicted octanol–water partition coefficient (Wildman–Crippen LogP) is 3.23. The summed E-state index contributed by atoms with van der Waals surface area (Å²) < 4.78 is 0. The lowest BCUT2D eigenvalue weighted by Crippen LogP contribution is -2.46. The van der Waals surface area contributed by atoms with Crippen molar-refractivity contribution in [1.29, 1.82) is 0 Å². The molecule has 2 rings (SSSR count). The van der Waals surface area contributed by atoms with E-state index >= 15 is 0 Å². The Kier molecular flexibility index (Phi) is 10.2. The van der Waals surface area contributed by atoms with Crippen LogP contribution in [0.15, 0.2) is 0 Å². The Morgan fingerprint density at radius 2 is 1.71 bits per heavy atom. The van der Waals surface area contributed by atoms with Crippen LogP contribution in [0.4, 0.5) is 0 Å². The van der Waals surface area contributed by atoms with E-state index < -0.39 is 0 Å². The Labute approximate surface area is 160 Å². The highest BCUT2D eigenvalue weighted by molar-refractivity contribution is 5.85. The van der Waals surface area contributed by atoms with Crippen molar-refractivity contribution >= 4 is 30.7 Å². The van der Waals surface area contributed by atoms with Gasteiger partial charge in [0.2, 0.25) is 5.91 Å². The molecule has 2 fully saturated rings. The van der Waals surface area contributed by atoms with Crippen molar-refractivity contribution in [3.63, 3.8) is 0 Å². The summed E-state index contributed by atoms with van der Waals surface area (Å²) in [5.74, 6) is 0.832. The summed E-state index contributed by atoms with van der Waals surface area (Å²) in [4.78, 5) is 14.7. The van der Waals surface area contributed by atoms with Gasteiger partial charge in [0.15, 0.2) is 0 Å². The lowest BCUT2D eigenvalue weighted by atomic mass is 9.84. The van der Waals surface area contributed by atoms with Crippen LogP contribution in [0.25, 0.3) is 0 Å². The molecule has 4 nitrogen and oxygen atoms in total. The average molecular weight is 382 g/mol. The predicted molar refractivity (Wildman–Crippen MR) is 106 cm³/mol. The van der Waals surface area contributed by atoms with Gasteiger partial charge in [0, 0.05) is 24.5 Å². The van der Waals surface area contributed by atoms with E-state index in [2.05, 4.69) is 50.4 Å². The molecule has 0 aliphatic carbocycles. The summed E-state index contributed by atoms with van der Waals surface area (Å²) in [6.07, 6.45) is 6.69. The molecule has 144 valence electrons. The molecule has 0 radical (unpaired) electrons. The smallest absolute Gasteiger partial charge is 0.220 e. The van der Waals surface area contributed by atoms with Gasteiger partial charge in [0.1, 0.15) is 0 Å². The average Bonchev–Trinajstić information content (AvgIpc) is 2.72. The van der Waals surface area contributed by atoms with Crippen LogP contribution >= 0.6 is 24.8 Å². The number of carbonyl (C=O) groups excluding carboxylic acids is 1. The normalized spacial score (nSPS) is 27.2. The molecule has 0 aromatic rings. The SMILES string of the molecule is CN(C)CCC(NC(=O)CC1CC2CCC(C1)N2)C(C)(C)C.Cl.Cl. The highest BCUT2D eigenvalue weighted by atomic mass is 35.5. The van der Waals surface area contributed by atoms with E-state index in [-0.39, 0.29) is 42.2 Å². The van der Waals surface area contributed by atoms with Crippen LogP contribution in [-0.2, 0) is 4.79 Å². The molecule has 0 aromatic heterocycles. The number of halogens is 2. The minimum atomic E-state index is 0. The summed E-state index contributed by atoms with van der Waals surface area (Å²) in [5, 5.41) is 6.98. The van der Waals surface area contributed by atoms with Crippen LogP contribution in [0.3, 0.4) is 0 Å². The Morgan fingerprint density at radius 1 is 1.17 bits per heavy atom. The third kappa shape index (κ3) is 7.47. The summed E-state index contributed by atoms with van der Waals surface area (Å²) >= 11 is 0. The summed E-state index contributed by atoms with van der Waals surface area (Å²) in [6.45, 7) is 7.68. The van der Waals surface area contributed by atoms with Gasteiger partial charge in [-0.15, -0.1) is 24.8 Å². The monoisotopic (exact) mass is 381 g/mol. The molecule has 1 amide bonds. The molecule has 2 aliphatic heterocycles. The van der Waals surface area contributed by atoms with Gasteiger partial charge in [-0.05, 0) is 64.1 Å². The maximum Gasteiger partial charge on any atom is 0.220 e. The molecule has 2 bridgehead atoms. The van der Waals surface area contributed by atoms with Crippen molar-refractivity contribution in [2.75, 3.05) is 20.6 Å². The van der Waals surface area contributed by atoms with E-state index in [0.29, 0.717) is 24.4 Å².